The van der Waals surface area contributed by atoms with Gasteiger partial charge in [0.2, 0.25) is 0 Å². The zero-order valence-corrected chi connectivity index (χ0v) is 14.1. The van der Waals surface area contributed by atoms with Crippen LogP contribution in [0.1, 0.15) is 33.6 Å². The van der Waals surface area contributed by atoms with E-state index in [1.165, 1.54) is 19.1 Å². The molecule has 1 heterocycles. The molecule has 3 rings (SSSR count). The Morgan fingerprint density at radius 1 is 1.08 bits per heavy atom. The van der Waals surface area contributed by atoms with Crippen LogP contribution in [0, 0.1) is 0 Å². The third-order valence-electron chi connectivity index (χ3n) is 3.63. The summed E-state index contributed by atoms with van der Waals surface area (Å²) in [4.78, 5) is 23.4. The summed E-state index contributed by atoms with van der Waals surface area (Å²) in [5.41, 5.74) is 1.08. The van der Waals surface area contributed by atoms with Gasteiger partial charge in [-0.05, 0) is 55.5 Å². The number of hydrogen-bond donors (Lipinski definition) is 2. The number of Topliss-reactive ketones (excluding diaryl/α,β-unsaturated/α-hetero) is 1. The molecule has 2 N–H and O–H groups in total. The second kappa shape index (κ2) is 7.57. The molecule has 26 heavy (non-hydrogen) atoms. The second-order valence-electron chi connectivity index (χ2n) is 5.64. The molecule has 6 nitrogen and oxygen atoms in total. The number of ketones is 1. The van der Waals surface area contributed by atoms with Crippen molar-refractivity contribution in [3.05, 3.63) is 77.7 Å². The summed E-state index contributed by atoms with van der Waals surface area (Å²) in [5, 5.41) is 12.1. The lowest BCUT2D eigenvalue weighted by atomic mass is 10.1. The van der Waals surface area contributed by atoms with Gasteiger partial charge in [-0.3, -0.25) is 9.59 Å². The molecule has 0 saturated heterocycles. The zero-order chi connectivity index (χ0) is 18.5. The molecule has 0 saturated carbocycles. The molecule has 132 valence electrons. The highest BCUT2D eigenvalue weighted by molar-refractivity contribution is 6.02. The minimum Gasteiger partial charge on any atom is -0.508 e. The number of hydrogen-bond acceptors (Lipinski definition) is 5. The normalized spacial score (nSPS) is 10.3. The van der Waals surface area contributed by atoms with Crippen molar-refractivity contribution in [1.82, 2.24) is 0 Å². The van der Waals surface area contributed by atoms with E-state index in [1.807, 2.05) is 0 Å². The monoisotopic (exact) mass is 351 g/mol. The summed E-state index contributed by atoms with van der Waals surface area (Å²) in [6.45, 7) is 1.65. The first-order valence-corrected chi connectivity index (χ1v) is 7.94. The maximum Gasteiger partial charge on any atom is 0.291 e. The molecule has 0 aliphatic carbocycles. The summed E-state index contributed by atoms with van der Waals surface area (Å²) in [5.74, 6) is 0.850. The third kappa shape index (κ3) is 4.30. The first-order valence-electron chi connectivity index (χ1n) is 7.94. The van der Waals surface area contributed by atoms with E-state index in [9.17, 15) is 14.7 Å². The van der Waals surface area contributed by atoms with Crippen molar-refractivity contribution < 1.29 is 23.8 Å². The minimum atomic E-state index is -0.423. The topological polar surface area (TPSA) is 88.8 Å². The van der Waals surface area contributed by atoms with Crippen LogP contribution < -0.4 is 10.1 Å². The number of amides is 1. The number of furan rings is 1. The molecular weight excluding hydrogens is 334 g/mol. The molecule has 0 aliphatic rings. The van der Waals surface area contributed by atoms with Crippen LogP contribution in [-0.4, -0.2) is 16.8 Å². The summed E-state index contributed by atoms with van der Waals surface area (Å²) in [6, 6.07) is 16.2. The van der Waals surface area contributed by atoms with E-state index in [0.717, 1.165) is 0 Å². The number of ether oxygens (including phenoxy) is 1. The summed E-state index contributed by atoms with van der Waals surface area (Å²) >= 11 is 0. The molecule has 3 aromatic rings. The van der Waals surface area contributed by atoms with Crippen LogP contribution in [0.5, 0.6) is 11.5 Å². The molecule has 2 aromatic carbocycles. The van der Waals surface area contributed by atoms with Crippen molar-refractivity contribution in [1.29, 1.82) is 0 Å². The van der Waals surface area contributed by atoms with Gasteiger partial charge in [0.25, 0.3) is 5.91 Å². The molecule has 1 aromatic heterocycles. The average Bonchev–Trinajstić information content (AvgIpc) is 3.09. The molecule has 6 heteroatoms. The standard InChI is InChI=1S/C20H17NO5/c1-13(22)14-5-7-17(8-6-14)25-12-18-9-10-19(26-18)20(24)21-15-3-2-4-16(23)11-15/h2-11,23H,12H2,1H3,(H,21,24). The van der Waals surface area contributed by atoms with Crippen LogP contribution in [-0.2, 0) is 6.61 Å². The Balaban J connectivity index is 1.58. The molecule has 0 atom stereocenters. The molecule has 0 aliphatic heterocycles. The smallest absolute Gasteiger partial charge is 0.291 e. The summed E-state index contributed by atoms with van der Waals surface area (Å²) in [6.07, 6.45) is 0. The largest absolute Gasteiger partial charge is 0.508 e. The van der Waals surface area contributed by atoms with Crippen LogP contribution in [0.15, 0.2) is 65.1 Å². The SMILES string of the molecule is CC(=O)c1ccc(OCc2ccc(C(=O)Nc3cccc(O)c3)o2)cc1. The highest BCUT2D eigenvalue weighted by atomic mass is 16.5. The van der Waals surface area contributed by atoms with Gasteiger partial charge in [-0.25, -0.2) is 0 Å². The van der Waals surface area contributed by atoms with Crippen molar-refractivity contribution in [2.45, 2.75) is 13.5 Å². The van der Waals surface area contributed by atoms with Gasteiger partial charge in [-0.2, -0.15) is 0 Å². The molecule has 0 radical (unpaired) electrons. The van der Waals surface area contributed by atoms with E-state index in [2.05, 4.69) is 5.32 Å². The number of phenolic OH excluding ortho intramolecular Hbond substituents is 1. The molecule has 1 amide bonds. The Morgan fingerprint density at radius 2 is 1.85 bits per heavy atom. The number of anilines is 1. The van der Waals surface area contributed by atoms with E-state index in [-0.39, 0.29) is 23.9 Å². The predicted octanol–water partition coefficient (Wildman–Crippen LogP) is 4.02. The van der Waals surface area contributed by atoms with Gasteiger partial charge in [-0.1, -0.05) is 6.07 Å². The number of phenols is 1. The lowest BCUT2D eigenvalue weighted by molar-refractivity contribution is 0.0990. The van der Waals surface area contributed by atoms with Crippen LogP contribution in [0.3, 0.4) is 0 Å². The highest BCUT2D eigenvalue weighted by Crippen LogP contribution is 2.18. The first kappa shape index (κ1) is 17.3. The first-order chi connectivity index (χ1) is 12.5. The number of carbonyl (C=O) groups is 2. The number of nitrogens with one attached hydrogen (secondary N) is 1. The van der Waals surface area contributed by atoms with E-state index in [1.54, 1.807) is 48.5 Å². The minimum absolute atomic E-state index is 0.00928. The predicted molar refractivity (Wildman–Crippen MR) is 95.5 cm³/mol. The van der Waals surface area contributed by atoms with Gasteiger partial charge < -0.3 is 19.6 Å². The zero-order valence-electron chi connectivity index (χ0n) is 14.1. The van der Waals surface area contributed by atoms with Gasteiger partial charge in [0.1, 0.15) is 23.9 Å². The number of rotatable bonds is 6. The van der Waals surface area contributed by atoms with Crippen molar-refractivity contribution in [2.75, 3.05) is 5.32 Å². The maximum atomic E-state index is 12.2. The van der Waals surface area contributed by atoms with Gasteiger partial charge in [0, 0.05) is 17.3 Å². The second-order valence-corrected chi connectivity index (χ2v) is 5.64. The van der Waals surface area contributed by atoms with E-state index in [4.69, 9.17) is 9.15 Å². The number of benzene rings is 2. The van der Waals surface area contributed by atoms with Gasteiger partial charge in [0.05, 0.1) is 0 Å². The van der Waals surface area contributed by atoms with E-state index in [0.29, 0.717) is 22.8 Å². The average molecular weight is 351 g/mol. The lowest BCUT2D eigenvalue weighted by Crippen LogP contribution is -2.10. The van der Waals surface area contributed by atoms with Crippen LogP contribution in [0.4, 0.5) is 5.69 Å². The fraction of sp³-hybridized carbons (Fsp3) is 0.100. The Labute approximate surface area is 150 Å². The summed E-state index contributed by atoms with van der Waals surface area (Å²) in [7, 11) is 0. The van der Waals surface area contributed by atoms with Crippen molar-refractivity contribution in [2.24, 2.45) is 0 Å². The third-order valence-corrected chi connectivity index (χ3v) is 3.63. The number of carbonyl (C=O) groups excluding carboxylic acids is 2. The molecule has 0 fully saturated rings. The fourth-order valence-electron chi connectivity index (χ4n) is 2.29. The molecular formula is C20H17NO5. The van der Waals surface area contributed by atoms with Gasteiger partial charge in [0.15, 0.2) is 11.5 Å². The number of aromatic hydroxyl groups is 1. The Bertz CT molecular complexity index is 927. The Kier molecular flexibility index (Phi) is 5.03. The van der Waals surface area contributed by atoms with Gasteiger partial charge >= 0.3 is 0 Å². The quantitative estimate of drug-likeness (QED) is 0.655. The Morgan fingerprint density at radius 3 is 2.54 bits per heavy atom. The molecule has 0 spiro atoms. The van der Waals surface area contributed by atoms with Crippen molar-refractivity contribution >= 4 is 17.4 Å². The Hall–Kier alpha value is -3.54. The van der Waals surface area contributed by atoms with Gasteiger partial charge in [-0.15, -0.1) is 0 Å². The van der Waals surface area contributed by atoms with E-state index < -0.39 is 5.91 Å². The lowest BCUT2D eigenvalue weighted by Gasteiger charge is -2.05. The van der Waals surface area contributed by atoms with Crippen molar-refractivity contribution in [3.8, 4) is 11.5 Å². The van der Waals surface area contributed by atoms with E-state index >= 15 is 0 Å². The van der Waals surface area contributed by atoms with Crippen LogP contribution in [0.2, 0.25) is 0 Å². The maximum absolute atomic E-state index is 12.2. The van der Waals surface area contributed by atoms with Crippen molar-refractivity contribution in [3.63, 3.8) is 0 Å². The van der Waals surface area contributed by atoms with Crippen LogP contribution in [0.25, 0.3) is 0 Å². The molecule has 0 bridgehead atoms. The fourth-order valence-corrected chi connectivity index (χ4v) is 2.29. The highest BCUT2D eigenvalue weighted by Gasteiger charge is 2.12. The summed E-state index contributed by atoms with van der Waals surface area (Å²) < 4.78 is 11.1. The molecule has 0 unspecified atom stereocenters. The van der Waals surface area contributed by atoms with Crippen LogP contribution >= 0.6 is 0 Å².